The predicted molar refractivity (Wildman–Crippen MR) is 75.8 cm³/mol. The van der Waals surface area contributed by atoms with Gasteiger partial charge in [-0.25, -0.2) is 0 Å². The monoisotopic (exact) mass is 262 g/mol. The van der Waals surface area contributed by atoms with E-state index in [1.165, 1.54) is 38.5 Å². The maximum Gasteiger partial charge on any atom is 0.0992 e. The van der Waals surface area contributed by atoms with Crippen molar-refractivity contribution in [2.24, 2.45) is 5.92 Å². The Labute approximate surface area is 114 Å². The van der Waals surface area contributed by atoms with E-state index in [1.54, 1.807) is 12.1 Å². The van der Waals surface area contributed by atoms with Gasteiger partial charge < -0.3 is 5.32 Å². The molecular formula is C15H19ClN2. The van der Waals surface area contributed by atoms with Crippen LogP contribution in [-0.4, -0.2) is 6.54 Å². The van der Waals surface area contributed by atoms with Gasteiger partial charge in [0.05, 0.1) is 22.3 Å². The van der Waals surface area contributed by atoms with Gasteiger partial charge in [0, 0.05) is 6.54 Å². The molecule has 0 radical (unpaired) electrons. The Balaban J connectivity index is 1.94. The molecule has 0 heterocycles. The highest BCUT2D eigenvalue weighted by Gasteiger charge is 2.12. The van der Waals surface area contributed by atoms with Gasteiger partial charge in [0.25, 0.3) is 0 Å². The standard InChI is InChI=1S/C15H19ClN2/c16-14-8-7-13(10-17)9-15(14)18-11-12-5-3-1-2-4-6-12/h7-9,12,18H,1-6,11H2. The quantitative estimate of drug-likeness (QED) is 0.809. The summed E-state index contributed by atoms with van der Waals surface area (Å²) in [5.41, 5.74) is 1.54. The van der Waals surface area contributed by atoms with E-state index in [1.807, 2.05) is 6.07 Å². The van der Waals surface area contributed by atoms with Crippen LogP contribution in [0.1, 0.15) is 44.1 Å². The maximum absolute atomic E-state index is 8.89. The first kappa shape index (κ1) is 13.2. The molecule has 1 N–H and O–H groups in total. The fourth-order valence-electron chi connectivity index (χ4n) is 2.55. The lowest BCUT2D eigenvalue weighted by atomic mass is 10.0. The van der Waals surface area contributed by atoms with Gasteiger partial charge >= 0.3 is 0 Å². The molecule has 96 valence electrons. The average molecular weight is 263 g/mol. The van der Waals surface area contributed by atoms with Crippen LogP contribution in [-0.2, 0) is 0 Å². The lowest BCUT2D eigenvalue weighted by molar-refractivity contribution is 0.483. The Kier molecular flexibility index (Phi) is 4.90. The van der Waals surface area contributed by atoms with Gasteiger partial charge in [-0.15, -0.1) is 0 Å². The summed E-state index contributed by atoms with van der Waals surface area (Å²) in [5.74, 6) is 0.745. The lowest BCUT2D eigenvalue weighted by Crippen LogP contribution is -2.13. The van der Waals surface area contributed by atoms with Crippen molar-refractivity contribution < 1.29 is 0 Å². The van der Waals surface area contributed by atoms with Crippen LogP contribution in [0.4, 0.5) is 5.69 Å². The highest BCUT2D eigenvalue weighted by atomic mass is 35.5. The third-order valence-corrected chi connectivity index (χ3v) is 3.98. The van der Waals surface area contributed by atoms with Crippen LogP contribution in [0.3, 0.4) is 0 Å². The molecule has 1 aromatic carbocycles. The van der Waals surface area contributed by atoms with Crippen molar-refractivity contribution in [3.63, 3.8) is 0 Å². The van der Waals surface area contributed by atoms with Crippen LogP contribution in [0, 0.1) is 17.2 Å². The third-order valence-electron chi connectivity index (χ3n) is 3.65. The molecule has 0 atom stereocenters. The summed E-state index contributed by atoms with van der Waals surface area (Å²) in [6, 6.07) is 7.51. The minimum Gasteiger partial charge on any atom is -0.384 e. The van der Waals surface area contributed by atoms with Crippen LogP contribution in [0.15, 0.2) is 18.2 Å². The zero-order chi connectivity index (χ0) is 12.8. The Morgan fingerprint density at radius 1 is 1.22 bits per heavy atom. The first-order valence-corrected chi connectivity index (χ1v) is 7.11. The second kappa shape index (κ2) is 6.66. The molecule has 2 nitrogen and oxygen atoms in total. The van der Waals surface area contributed by atoms with Gasteiger partial charge in [-0.1, -0.05) is 37.3 Å². The summed E-state index contributed by atoms with van der Waals surface area (Å²) in [6.45, 7) is 0.967. The number of benzene rings is 1. The Morgan fingerprint density at radius 2 is 1.94 bits per heavy atom. The van der Waals surface area contributed by atoms with E-state index in [0.29, 0.717) is 10.6 Å². The van der Waals surface area contributed by atoms with E-state index in [0.717, 1.165) is 18.2 Å². The SMILES string of the molecule is N#Cc1ccc(Cl)c(NCC2CCCCCC2)c1. The largest absolute Gasteiger partial charge is 0.384 e. The molecule has 2 rings (SSSR count). The summed E-state index contributed by atoms with van der Waals surface area (Å²) < 4.78 is 0. The summed E-state index contributed by atoms with van der Waals surface area (Å²) in [4.78, 5) is 0. The molecule has 3 heteroatoms. The molecule has 0 aromatic heterocycles. The van der Waals surface area contributed by atoms with E-state index in [9.17, 15) is 0 Å². The molecule has 1 aliphatic carbocycles. The average Bonchev–Trinajstić information content (AvgIpc) is 2.66. The van der Waals surface area contributed by atoms with Crippen molar-refractivity contribution in [1.82, 2.24) is 0 Å². The normalized spacial score (nSPS) is 16.9. The van der Waals surface area contributed by atoms with Gasteiger partial charge in [-0.2, -0.15) is 5.26 Å². The first-order valence-electron chi connectivity index (χ1n) is 6.73. The van der Waals surface area contributed by atoms with E-state index >= 15 is 0 Å². The topological polar surface area (TPSA) is 35.8 Å². The zero-order valence-corrected chi connectivity index (χ0v) is 11.3. The molecule has 1 fully saturated rings. The fraction of sp³-hybridized carbons (Fsp3) is 0.533. The Bertz CT molecular complexity index is 429. The number of nitriles is 1. The first-order chi connectivity index (χ1) is 8.79. The van der Waals surface area contributed by atoms with E-state index in [2.05, 4.69) is 11.4 Å². The van der Waals surface area contributed by atoms with Crippen molar-refractivity contribution in [2.45, 2.75) is 38.5 Å². The van der Waals surface area contributed by atoms with E-state index in [4.69, 9.17) is 16.9 Å². The van der Waals surface area contributed by atoms with Crippen molar-refractivity contribution in [2.75, 3.05) is 11.9 Å². The van der Waals surface area contributed by atoms with Crippen LogP contribution in [0.25, 0.3) is 0 Å². The summed E-state index contributed by atoms with van der Waals surface area (Å²) >= 11 is 6.13. The fourth-order valence-corrected chi connectivity index (χ4v) is 2.74. The van der Waals surface area contributed by atoms with Crippen molar-refractivity contribution in [3.8, 4) is 6.07 Å². The minimum atomic E-state index is 0.655. The number of rotatable bonds is 3. The van der Waals surface area contributed by atoms with Crippen LogP contribution in [0.5, 0.6) is 0 Å². The molecule has 1 aromatic rings. The number of halogens is 1. The highest BCUT2D eigenvalue weighted by molar-refractivity contribution is 6.33. The molecule has 0 amide bonds. The molecule has 0 spiro atoms. The third kappa shape index (κ3) is 3.65. The van der Waals surface area contributed by atoms with Crippen LogP contribution in [0.2, 0.25) is 5.02 Å². The maximum atomic E-state index is 8.89. The van der Waals surface area contributed by atoms with Crippen molar-refractivity contribution >= 4 is 17.3 Å². The molecule has 18 heavy (non-hydrogen) atoms. The van der Waals surface area contributed by atoms with Crippen molar-refractivity contribution in [1.29, 1.82) is 5.26 Å². The van der Waals surface area contributed by atoms with Gasteiger partial charge in [0.15, 0.2) is 0 Å². The molecule has 0 unspecified atom stereocenters. The number of nitrogens with one attached hydrogen (secondary N) is 1. The van der Waals surface area contributed by atoms with Gasteiger partial charge in [-0.3, -0.25) is 0 Å². The predicted octanol–water partition coefficient (Wildman–Crippen LogP) is 4.59. The molecule has 1 saturated carbocycles. The number of hydrogen-bond donors (Lipinski definition) is 1. The lowest BCUT2D eigenvalue weighted by Gasteiger charge is -2.16. The van der Waals surface area contributed by atoms with Gasteiger partial charge in [0.2, 0.25) is 0 Å². The van der Waals surface area contributed by atoms with Gasteiger partial charge in [0.1, 0.15) is 0 Å². The second-order valence-corrected chi connectivity index (χ2v) is 5.45. The summed E-state index contributed by atoms with van der Waals surface area (Å²) in [5, 5.41) is 13.0. The smallest absolute Gasteiger partial charge is 0.0992 e. The van der Waals surface area contributed by atoms with Crippen molar-refractivity contribution in [3.05, 3.63) is 28.8 Å². The number of hydrogen-bond acceptors (Lipinski definition) is 2. The molecule has 0 bridgehead atoms. The Hall–Kier alpha value is -1.20. The molecule has 1 aliphatic rings. The minimum absolute atomic E-state index is 0.655. The highest BCUT2D eigenvalue weighted by Crippen LogP contribution is 2.26. The van der Waals surface area contributed by atoms with Gasteiger partial charge in [-0.05, 0) is 37.0 Å². The molecular weight excluding hydrogens is 244 g/mol. The molecule has 0 saturated heterocycles. The number of anilines is 1. The summed E-state index contributed by atoms with van der Waals surface area (Å²) in [6.07, 6.45) is 8.06. The number of nitrogens with zero attached hydrogens (tertiary/aromatic N) is 1. The Morgan fingerprint density at radius 3 is 2.61 bits per heavy atom. The van der Waals surface area contributed by atoms with E-state index < -0.39 is 0 Å². The zero-order valence-electron chi connectivity index (χ0n) is 10.6. The molecule has 0 aliphatic heterocycles. The second-order valence-electron chi connectivity index (χ2n) is 5.04. The summed E-state index contributed by atoms with van der Waals surface area (Å²) in [7, 11) is 0. The van der Waals surface area contributed by atoms with Crippen LogP contribution < -0.4 is 5.32 Å². The van der Waals surface area contributed by atoms with Crippen LogP contribution >= 0.6 is 11.6 Å². The van der Waals surface area contributed by atoms with E-state index in [-0.39, 0.29) is 0 Å².